The predicted octanol–water partition coefficient (Wildman–Crippen LogP) is 2.45. The maximum absolute atomic E-state index is 11.1. The molecule has 0 spiro atoms. The molecule has 1 aromatic rings. The Morgan fingerprint density at radius 3 is 2.41 bits per heavy atom. The van der Waals surface area contributed by atoms with Gasteiger partial charge in [0.15, 0.2) is 0 Å². The van der Waals surface area contributed by atoms with Crippen LogP contribution in [0.15, 0.2) is 30.3 Å². The Kier molecular flexibility index (Phi) is 5.10. The first-order valence-electron chi connectivity index (χ1n) is 5.59. The van der Waals surface area contributed by atoms with E-state index < -0.39 is 12.0 Å². The van der Waals surface area contributed by atoms with Gasteiger partial charge in [-0.05, 0) is 12.3 Å². The van der Waals surface area contributed by atoms with E-state index in [9.17, 15) is 4.79 Å². The number of hydrogen-bond donors (Lipinski definition) is 2. The van der Waals surface area contributed by atoms with Crippen LogP contribution >= 0.6 is 12.2 Å². The van der Waals surface area contributed by atoms with Crippen molar-refractivity contribution in [2.24, 2.45) is 5.92 Å². The molecule has 92 valence electrons. The van der Waals surface area contributed by atoms with Crippen LogP contribution in [0.2, 0.25) is 0 Å². The van der Waals surface area contributed by atoms with E-state index in [-0.39, 0.29) is 0 Å². The Bertz CT molecular complexity index is 390. The first-order valence-corrected chi connectivity index (χ1v) is 6.00. The third-order valence-electron chi connectivity index (χ3n) is 2.35. The molecule has 0 amide bonds. The third-order valence-corrected chi connectivity index (χ3v) is 2.70. The van der Waals surface area contributed by atoms with E-state index in [1.807, 2.05) is 44.2 Å². The Balaban J connectivity index is 2.68. The van der Waals surface area contributed by atoms with Gasteiger partial charge in [0.1, 0.15) is 11.0 Å². The largest absolute Gasteiger partial charge is 0.480 e. The maximum Gasteiger partial charge on any atom is 0.326 e. The van der Waals surface area contributed by atoms with Crippen LogP contribution in [-0.2, 0) is 4.79 Å². The average Bonchev–Trinajstić information content (AvgIpc) is 2.28. The van der Waals surface area contributed by atoms with Crippen molar-refractivity contribution in [3.05, 3.63) is 35.9 Å². The van der Waals surface area contributed by atoms with Gasteiger partial charge in [-0.1, -0.05) is 56.4 Å². The van der Waals surface area contributed by atoms with Gasteiger partial charge in [-0.2, -0.15) is 0 Å². The predicted molar refractivity (Wildman–Crippen MR) is 72.2 cm³/mol. The third kappa shape index (κ3) is 4.53. The fourth-order valence-corrected chi connectivity index (χ4v) is 1.80. The number of rotatable bonds is 5. The molecule has 0 aliphatic rings. The summed E-state index contributed by atoms with van der Waals surface area (Å²) in [6.07, 6.45) is 0.558. The molecule has 0 fully saturated rings. The van der Waals surface area contributed by atoms with Crippen molar-refractivity contribution in [1.29, 1.82) is 0 Å². The highest BCUT2D eigenvalue weighted by atomic mass is 32.1. The summed E-state index contributed by atoms with van der Waals surface area (Å²) in [7, 11) is 0. The fraction of sp³-hybridized carbons (Fsp3) is 0.385. The molecule has 0 radical (unpaired) electrons. The topological polar surface area (TPSA) is 49.3 Å². The van der Waals surface area contributed by atoms with Gasteiger partial charge in [0, 0.05) is 5.56 Å². The highest BCUT2D eigenvalue weighted by molar-refractivity contribution is 7.80. The van der Waals surface area contributed by atoms with Crippen LogP contribution in [0.4, 0.5) is 0 Å². The highest BCUT2D eigenvalue weighted by Crippen LogP contribution is 2.07. The van der Waals surface area contributed by atoms with Crippen molar-refractivity contribution in [2.45, 2.75) is 26.3 Å². The van der Waals surface area contributed by atoms with E-state index in [0.717, 1.165) is 5.56 Å². The normalized spacial score (nSPS) is 12.2. The SMILES string of the molecule is CC(C)CC(NC(=S)c1ccccc1)C(=O)O. The Morgan fingerprint density at radius 1 is 1.35 bits per heavy atom. The molecular weight excluding hydrogens is 234 g/mol. The quantitative estimate of drug-likeness (QED) is 0.789. The van der Waals surface area contributed by atoms with Crippen LogP contribution in [0.3, 0.4) is 0 Å². The fourth-order valence-electron chi connectivity index (χ4n) is 1.52. The molecule has 1 unspecified atom stereocenters. The molecular formula is C13H17NO2S. The number of nitrogens with one attached hydrogen (secondary N) is 1. The maximum atomic E-state index is 11.1. The molecule has 0 aliphatic heterocycles. The second kappa shape index (κ2) is 6.35. The van der Waals surface area contributed by atoms with E-state index >= 15 is 0 Å². The van der Waals surface area contributed by atoms with Gasteiger partial charge < -0.3 is 10.4 Å². The lowest BCUT2D eigenvalue weighted by Gasteiger charge is -2.18. The summed E-state index contributed by atoms with van der Waals surface area (Å²) < 4.78 is 0. The molecule has 2 N–H and O–H groups in total. The minimum absolute atomic E-state index is 0.308. The summed E-state index contributed by atoms with van der Waals surface area (Å²) in [5.41, 5.74) is 0.845. The van der Waals surface area contributed by atoms with Gasteiger partial charge in [0.2, 0.25) is 0 Å². The summed E-state index contributed by atoms with van der Waals surface area (Å²) >= 11 is 5.19. The van der Waals surface area contributed by atoms with Gasteiger partial charge in [0.25, 0.3) is 0 Å². The van der Waals surface area contributed by atoms with Crippen molar-refractivity contribution in [2.75, 3.05) is 0 Å². The lowest BCUT2D eigenvalue weighted by Crippen LogP contribution is -2.41. The molecule has 1 rings (SSSR count). The van der Waals surface area contributed by atoms with Gasteiger partial charge in [0.05, 0.1) is 0 Å². The van der Waals surface area contributed by atoms with Crippen LogP contribution < -0.4 is 5.32 Å². The van der Waals surface area contributed by atoms with E-state index in [0.29, 0.717) is 17.3 Å². The first-order chi connectivity index (χ1) is 8.00. The smallest absolute Gasteiger partial charge is 0.326 e. The molecule has 4 heteroatoms. The number of carboxylic acids is 1. The standard InChI is InChI=1S/C13H17NO2S/c1-9(2)8-11(13(15)16)14-12(17)10-6-4-3-5-7-10/h3-7,9,11H,8H2,1-2H3,(H,14,17)(H,15,16). The second-order valence-corrected chi connectivity index (χ2v) is 4.77. The highest BCUT2D eigenvalue weighted by Gasteiger charge is 2.19. The number of thiocarbonyl (C=S) groups is 1. The lowest BCUT2D eigenvalue weighted by atomic mass is 10.0. The first kappa shape index (κ1) is 13.6. The van der Waals surface area contributed by atoms with E-state index in [1.165, 1.54) is 0 Å². The van der Waals surface area contributed by atoms with Crippen molar-refractivity contribution >= 4 is 23.2 Å². The summed E-state index contributed by atoms with van der Waals surface area (Å²) in [5.74, 6) is -0.556. The Morgan fingerprint density at radius 2 is 1.94 bits per heavy atom. The molecule has 0 saturated heterocycles. The van der Waals surface area contributed by atoms with Gasteiger partial charge in [-0.15, -0.1) is 0 Å². The number of hydrogen-bond acceptors (Lipinski definition) is 2. The second-order valence-electron chi connectivity index (χ2n) is 4.36. The van der Waals surface area contributed by atoms with Crippen LogP contribution in [-0.4, -0.2) is 22.1 Å². The molecule has 0 aliphatic carbocycles. The van der Waals surface area contributed by atoms with E-state index in [2.05, 4.69) is 5.32 Å². The van der Waals surface area contributed by atoms with Gasteiger partial charge >= 0.3 is 5.97 Å². The number of benzene rings is 1. The summed E-state index contributed by atoms with van der Waals surface area (Å²) in [4.78, 5) is 11.6. The van der Waals surface area contributed by atoms with E-state index in [1.54, 1.807) is 0 Å². The Labute approximate surface area is 107 Å². The number of carbonyl (C=O) groups is 1. The van der Waals surface area contributed by atoms with Crippen molar-refractivity contribution in [3.8, 4) is 0 Å². The van der Waals surface area contributed by atoms with Crippen LogP contribution in [0.1, 0.15) is 25.8 Å². The average molecular weight is 251 g/mol. The summed E-state index contributed by atoms with van der Waals surface area (Å²) in [6, 6.07) is 8.76. The molecule has 1 atom stereocenters. The van der Waals surface area contributed by atoms with Crippen LogP contribution in [0.5, 0.6) is 0 Å². The molecule has 0 bridgehead atoms. The molecule has 3 nitrogen and oxygen atoms in total. The lowest BCUT2D eigenvalue weighted by molar-refractivity contribution is -0.139. The number of aliphatic carboxylic acids is 1. The van der Waals surface area contributed by atoms with Crippen molar-refractivity contribution in [1.82, 2.24) is 5.32 Å². The zero-order chi connectivity index (χ0) is 12.8. The zero-order valence-corrected chi connectivity index (χ0v) is 10.8. The van der Waals surface area contributed by atoms with E-state index in [4.69, 9.17) is 17.3 Å². The molecule has 0 aromatic heterocycles. The van der Waals surface area contributed by atoms with Crippen LogP contribution in [0.25, 0.3) is 0 Å². The Hall–Kier alpha value is -1.42. The van der Waals surface area contributed by atoms with Crippen LogP contribution in [0, 0.1) is 5.92 Å². The van der Waals surface area contributed by atoms with Crippen molar-refractivity contribution < 1.29 is 9.90 Å². The van der Waals surface area contributed by atoms with Gasteiger partial charge in [-0.25, -0.2) is 4.79 Å². The minimum atomic E-state index is -0.864. The summed E-state index contributed by atoms with van der Waals surface area (Å²) in [5, 5.41) is 12.0. The summed E-state index contributed by atoms with van der Waals surface area (Å²) in [6.45, 7) is 3.98. The number of carboxylic acid groups (broad SMARTS) is 1. The zero-order valence-electron chi connectivity index (χ0n) is 10.0. The molecule has 1 aromatic carbocycles. The van der Waals surface area contributed by atoms with Crippen molar-refractivity contribution in [3.63, 3.8) is 0 Å². The van der Waals surface area contributed by atoms with Gasteiger partial charge in [-0.3, -0.25) is 0 Å². The molecule has 0 saturated carbocycles. The molecule has 0 heterocycles. The monoisotopic (exact) mass is 251 g/mol. The minimum Gasteiger partial charge on any atom is -0.480 e. The molecule has 17 heavy (non-hydrogen) atoms.